The van der Waals surface area contributed by atoms with Gasteiger partial charge in [-0.2, -0.15) is 0 Å². The van der Waals surface area contributed by atoms with Crippen LogP contribution in [0.1, 0.15) is 107 Å². The Morgan fingerprint density at radius 1 is 0.684 bits per heavy atom. The normalized spacial score (nSPS) is 19.5. The molecule has 0 bridgehead atoms. The maximum Gasteiger partial charge on any atom is 0.309 e. The minimum absolute atomic E-state index is 0.0112. The molecule has 2 heterocycles. The van der Waals surface area contributed by atoms with E-state index >= 15 is 0 Å². The third-order valence-corrected chi connectivity index (χ3v) is 9.26. The van der Waals surface area contributed by atoms with Crippen molar-refractivity contribution >= 4 is 35.5 Å². The highest BCUT2D eigenvalue weighted by Gasteiger charge is 2.28. The van der Waals surface area contributed by atoms with Crippen LogP contribution in [0, 0.1) is 21.7 Å². The van der Waals surface area contributed by atoms with Crippen molar-refractivity contribution in [3.63, 3.8) is 0 Å². The predicted molar refractivity (Wildman–Crippen MR) is 164 cm³/mol. The maximum atomic E-state index is 11.4. The van der Waals surface area contributed by atoms with E-state index in [1.165, 1.54) is 19.6 Å². The largest absolute Gasteiger partial charge is 0.481 e. The first-order valence-electron chi connectivity index (χ1n) is 13.8. The molecule has 38 heavy (non-hydrogen) atoms. The smallest absolute Gasteiger partial charge is 0.309 e. The van der Waals surface area contributed by atoms with Crippen molar-refractivity contribution in [2.24, 2.45) is 21.7 Å². The van der Waals surface area contributed by atoms with E-state index in [1.807, 2.05) is 23.5 Å². The van der Waals surface area contributed by atoms with Gasteiger partial charge in [-0.05, 0) is 88.2 Å². The fourth-order valence-corrected chi connectivity index (χ4v) is 7.41. The van der Waals surface area contributed by atoms with Gasteiger partial charge in [-0.1, -0.05) is 88.4 Å². The fourth-order valence-electron chi connectivity index (χ4n) is 4.59. The Bertz CT molecular complexity index is 954. The lowest BCUT2D eigenvalue weighted by Crippen LogP contribution is -2.23. The van der Waals surface area contributed by atoms with Gasteiger partial charge >= 0.3 is 11.9 Å². The summed E-state index contributed by atoms with van der Waals surface area (Å²) in [6, 6.07) is 0. The van der Waals surface area contributed by atoms with Crippen LogP contribution in [0.3, 0.4) is 0 Å². The van der Waals surface area contributed by atoms with E-state index in [-0.39, 0.29) is 10.8 Å². The van der Waals surface area contributed by atoms with Crippen LogP contribution in [0.25, 0.3) is 0 Å². The number of aliphatic carboxylic acids is 2. The molecule has 0 aliphatic carbocycles. The van der Waals surface area contributed by atoms with E-state index in [1.54, 1.807) is 27.7 Å². The summed E-state index contributed by atoms with van der Waals surface area (Å²) in [5.74, 6) is -1.45. The van der Waals surface area contributed by atoms with Gasteiger partial charge in [0.2, 0.25) is 0 Å². The van der Waals surface area contributed by atoms with Crippen molar-refractivity contribution in [3.05, 3.63) is 56.1 Å². The molecule has 0 unspecified atom stereocenters. The number of unbranched alkanes of at least 4 members (excludes halogenated alkanes) is 2. The molecular weight excluding hydrogens is 512 g/mol. The fraction of sp³-hybridized carbons (Fsp3) is 0.625. The van der Waals surface area contributed by atoms with Crippen LogP contribution < -0.4 is 0 Å². The topological polar surface area (TPSA) is 74.6 Å². The van der Waals surface area contributed by atoms with Crippen LogP contribution in [0.2, 0.25) is 0 Å². The zero-order valence-electron chi connectivity index (χ0n) is 24.6. The molecular formula is C32H48O4S2. The number of carbonyl (C=O) groups is 2. The number of thioether (sulfide) groups is 2. The molecule has 0 aromatic carbocycles. The Morgan fingerprint density at radius 2 is 1.03 bits per heavy atom. The first-order chi connectivity index (χ1) is 17.4. The Kier molecular flexibility index (Phi) is 11.2. The van der Waals surface area contributed by atoms with E-state index in [0.717, 1.165) is 38.5 Å². The van der Waals surface area contributed by atoms with E-state index in [4.69, 9.17) is 0 Å². The summed E-state index contributed by atoms with van der Waals surface area (Å²) < 4.78 is 0. The third-order valence-electron chi connectivity index (χ3n) is 7.11. The minimum Gasteiger partial charge on any atom is -0.481 e. The maximum absolute atomic E-state index is 11.4. The lowest BCUT2D eigenvalue weighted by Gasteiger charge is -2.26. The second-order valence-electron chi connectivity index (χ2n) is 13.3. The number of hydrogen-bond acceptors (Lipinski definition) is 4. The summed E-state index contributed by atoms with van der Waals surface area (Å²) in [7, 11) is 0. The summed E-state index contributed by atoms with van der Waals surface area (Å²) >= 11 is 3.66. The van der Waals surface area contributed by atoms with Crippen LogP contribution in [-0.2, 0) is 9.59 Å². The lowest BCUT2D eigenvalue weighted by atomic mass is 9.87. The Morgan fingerprint density at radius 3 is 1.34 bits per heavy atom. The van der Waals surface area contributed by atoms with Crippen molar-refractivity contribution < 1.29 is 19.8 Å². The van der Waals surface area contributed by atoms with Gasteiger partial charge < -0.3 is 10.2 Å². The highest BCUT2D eigenvalue weighted by molar-refractivity contribution is 8.07. The molecule has 2 N–H and O–H groups in total. The molecule has 0 spiro atoms. The molecule has 0 aromatic heterocycles. The van der Waals surface area contributed by atoms with Crippen molar-refractivity contribution in [1.29, 1.82) is 0 Å². The second-order valence-corrected chi connectivity index (χ2v) is 15.7. The molecule has 0 radical (unpaired) electrons. The number of carboxylic acid groups (broad SMARTS) is 2. The van der Waals surface area contributed by atoms with Crippen LogP contribution >= 0.6 is 23.5 Å². The van der Waals surface area contributed by atoms with Crippen LogP contribution in [0.5, 0.6) is 0 Å². The summed E-state index contributed by atoms with van der Waals surface area (Å²) in [5.41, 5.74) is -1.35. The molecule has 0 amide bonds. The molecule has 0 aromatic rings. The molecule has 0 fully saturated rings. The van der Waals surface area contributed by atoms with Gasteiger partial charge in [0.25, 0.3) is 0 Å². The molecule has 2 aliphatic rings. The molecule has 0 saturated carbocycles. The van der Waals surface area contributed by atoms with Gasteiger partial charge in [0.15, 0.2) is 0 Å². The zero-order valence-corrected chi connectivity index (χ0v) is 26.3. The quantitative estimate of drug-likeness (QED) is 0.206. The number of rotatable bonds is 14. The summed E-state index contributed by atoms with van der Waals surface area (Å²) in [4.78, 5) is 28.0. The van der Waals surface area contributed by atoms with Crippen molar-refractivity contribution in [2.75, 3.05) is 0 Å². The van der Waals surface area contributed by atoms with Crippen molar-refractivity contribution in [1.82, 2.24) is 0 Å². The standard InChI is InChI=1S/C32H48O4S2/c1-29(2)19-23(13-9-11-17-31(5,6)27(33)34)37-25(21-29)15-16-26-22-30(3,4)20-24(38-26)14-10-12-18-32(7,8)28(35)36/h15-16,19-22H,9-14,17-18H2,1-8H3,(H,33,34)(H,35,36). The van der Waals surface area contributed by atoms with Crippen LogP contribution in [-0.4, -0.2) is 22.2 Å². The Labute approximate surface area is 239 Å². The molecule has 2 rings (SSSR count). The average molecular weight is 561 g/mol. The molecule has 4 nitrogen and oxygen atoms in total. The summed E-state index contributed by atoms with van der Waals surface area (Å²) in [6.45, 7) is 16.2. The van der Waals surface area contributed by atoms with Gasteiger partial charge in [0.1, 0.15) is 0 Å². The Balaban J connectivity index is 1.94. The van der Waals surface area contributed by atoms with Crippen molar-refractivity contribution in [3.8, 4) is 0 Å². The zero-order chi connectivity index (χ0) is 28.8. The van der Waals surface area contributed by atoms with Gasteiger partial charge in [-0.15, -0.1) is 0 Å². The van der Waals surface area contributed by atoms with Gasteiger partial charge in [0.05, 0.1) is 10.8 Å². The van der Waals surface area contributed by atoms with Crippen molar-refractivity contribution in [2.45, 2.75) is 107 Å². The number of allylic oxidation sites excluding steroid dienone is 8. The van der Waals surface area contributed by atoms with Crippen LogP contribution in [0.4, 0.5) is 0 Å². The monoisotopic (exact) mass is 560 g/mol. The van der Waals surface area contributed by atoms with E-state index in [2.05, 4.69) is 64.2 Å². The first-order valence-corrected chi connectivity index (χ1v) is 15.4. The summed E-state index contributed by atoms with van der Waals surface area (Å²) in [5, 5.41) is 18.7. The number of hydrogen-bond donors (Lipinski definition) is 2. The molecule has 6 heteroatoms. The molecule has 212 valence electrons. The highest BCUT2D eigenvalue weighted by Crippen LogP contribution is 2.44. The lowest BCUT2D eigenvalue weighted by molar-refractivity contribution is -0.148. The van der Waals surface area contributed by atoms with Crippen LogP contribution in [0.15, 0.2) is 56.1 Å². The molecule has 0 saturated heterocycles. The SMILES string of the molecule is CC1(C)C=C(C=CC2=CC(C)(C)C=C(CCCCC(C)(C)C(=O)O)S2)SC(CCCCC(C)(C)C(=O)O)=C1. The first kappa shape index (κ1) is 32.6. The minimum atomic E-state index is -0.724. The van der Waals surface area contributed by atoms with E-state index in [0.29, 0.717) is 12.8 Å². The van der Waals surface area contributed by atoms with Gasteiger partial charge in [0, 0.05) is 20.6 Å². The second kappa shape index (κ2) is 13.1. The predicted octanol–water partition coefficient (Wildman–Crippen LogP) is 9.97. The molecule has 0 atom stereocenters. The van der Waals surface area contributed by atoms with E-state index in [9.17, 15) is 19.8 Å². The van der Waals surface area contributed by atoms with Gasteiger partial charge in [-0.25, -0.2) is 0 Å². The Hall–Kier alpha value is -1.66. The van der Waals surface area contributed by atoms with E-state index < -0.39 is 22.8 Å². The highest BCUT2D eigenvalue weighted by atomic mass is 32.2. The average Bonchev–Trinajstić information content (AvgIpc) is 2.76. The number of carboxylic acids is 2. The molecule has 2 aliphatic heterocycles. The van der Waals surface area contributed by atoms with Gasteiger partial charge in [-0.3, -0.25) is 9.59 Å². The summed E-state index contributed by atoms with van der Waals surface area (Å²) in [6.07, 6.45) is 21.0. The third kappa shape index (κ3) is 10.8.